The maximum absolute atomic E-state index is 10.4. The van der Waals surface area contributed by atoms with Gasteiger partial charge in [-0.15, -0.1) is 5.10 Å². The molecule has 0 spiro atoms. The van der Waals surface area contributed by atoms with Gasteiger partial charge in [0.05, 0.1) is 17.6 Å². The number of benzene rings is 1. The molecule has 1 aromatic carbocycles. The van der Waals surface area contributed by atoms with Crippen LogP contribution in [0.5, 0.6) is 0 Å². The minimum absolute atomic E-state index is 0.207. The average Bonchev–Trinajstić information content (AvgIpc) is 2.83. The van der Waals surface area contributed by atoms with E-state index in [0.29, 0.717) is 6.42 Å². The molecular formula is C13H14BrN3O2. The molecule has 19 heavy (non-hydrogen) atoms. The zero-order valence-corrected chi connectivity index (χ0v) is 11.9. The molecule has 6 heteroatoms. The summed E-state index contributed by atoms with van der Waals surface area (Å²) in [6.45, 7) is 0. The van der Waals surface area contributed by atoms with Gasteiger partial charge in [-0.05, 0) is 47.3 Å². The summed E-state index contributed by atoms with van der Waals surface area (Å²) in [5, 5.41) is 16.7. The van der Waals surface area contributed by atoms with E-state index in [1.54, 1.807) is 4.68 Å². The van der Waals surface area contributed by atoms with Crippen LogP contribution in [0.15, 0.2) is 34.9 Å². The number of nitrogens with zero attached hydrogens (tertiary/aromatic N) is 3. The minimum Gasteiger partial charge on any atom is -0.481 e. The zero-order valence-electron chi connectivity index (χ0n) is 10.3. The van der Waals surface area contributed by atoms with Gasteiger partial charge in [0.2, 0.25) is 0 Å². The van der Waals surface area contributed by atoms with Crippen LogP contribution < -0.4 is 0 Å². The number of aromatic nitrogens is 3. The first-order valence-electron chi connectivity index (χ1n) is 6.05. The molecule has 0 radical (unpaired) electrons. The van der Waals surface area contributed by atoms with Crippen molar-refractivity contribution in [1.29, 1.82) is 0 Å². The van der Waals surface area contributed by atoms with Crippen molar-refractivity contribution in [3.05, 3.63) is 40.6 Å². The third-order valence-electron chi connectivity index (χ3n) is 2.71. The summed E-state index contributed by atoms with van der Waals surface area (Å²) in [5.74, 6) is -0.753. The lowest BCUT2D eigenvalue weighted by molar-refractivity contribution is -0.137. The van der Waals surface area contributed by atoms with E-state index >= 15 is 0 Å². The van der Waals surface area contributed by atoms with Gasteiger partial charge in [0.25, 0.3) is 0 Å². The van der Waals surface area contributed by atoms with E-state index in [9.17, 15) is 4.79 Å². The molecule has 0 amide bonds. The standard InChI is InChI=1S/C13H14BrN3O2/c14-11-6-2-3-7-12(11)17-9-10(15-16-17)5-1-4-8-13(18)19/h2-3,6-7,9H,1,4-5,8H2,(H,18,19). The van der Waals surface area contributed by atoms with E-state index in [4.69, 9.17) is 5.11 Å². The number of halogens is 1. The Morgan fingerprint density at radius 1 is 1.32 bits per heavy atom. The highest BCUT2D eigenvalue weighted by Gasteiger charge is 2.06. The number of rotatable bonds is 6. The number of aliphatic carboxylic acids is 1. The Morgan fingerprint density at radius 3 is 2.84 bits per heavy atom. The Kier molecular flexibility index (Phi) is 4.68. The Morgan fingerprint density at radius 2 is 2.11 bits per heavy atom. The van der Waals surface area contributed by atoms with Crippen LogP contribution >= 0.6 is 15.9 Å². The highest BCUT2D eigenvalue weighted by atomic mass is 79.9. The van der Waals surface area contributed by atoms with Crippen molar-refractivity contribution in [3.63, 3.8) is 0 Å². The molecule has 1 heterocycles. The van der Waals surface area contributed by atoms with Crippen LogP contribution in [0.25, 0.3) is 5.69 Å². The van der Waals surface area contributed by atoms with Gasteiger partial charge in [-0.1, -0.05) is 17.3 Å². The van der Waals surface area contributed by atoms with Crippen LogP contribution in [-0.4, -0.2) is 26.1 Å². The number of hydrogen-bond donors (Lipinski definition) is 1. The van der Waals surface area contributed by atoms with Crippen molar-refractivity contribution in [2.24, 2.45) is 0 Å². The molecule has 0 saturated heterocycles. The molecule has 0 saturated carbocycles. The second kappa shape index (κ2) is 6.47. The van der Waals surface area contributed by atoms with Crippen LogP contribution in [0, 0.1) is 0 Å². The van der Waals surface area contributed by atoms with Crippen molar-refractivity contribution >= 4 is 21.9 Å². The molecule has 0 aliphatic carbocycles. The Labute approximate surface area is 119 Å². The van der Waals surface area contributed by atoms with Crippen molar-refractivity contribution in [2.45, 2.75) is 25.7 Å². The Balaban J connectivity index is 1.96. The van der Waals surface area contributed by atoms with Crippen LogP contribution in [0.2, 0.25) is 0 Å². The molecule has 0 aliphatic rings. The van der Waals surface area contributed by atoms with Crippen LogP contribution in [-0.2, 0) is 11.2 Å². The summed E-state index contributed by atoms with van der Waals surface area (Å²) < 4.78 is 2.67. The minimum atomic E-state index is -0.753. The fourth-order valence-electron chi connectivity index (χ4n) is 1.75. The van der Waals surface area contributed by atoms with Crippen molar-refractivity contribution in [3.8, 4) is 5.69 Å². The number of unbranched alkanes of at least 4 members (excludes halogenated alkanes) is 1. The third kappa shape index (κ3) is 3.89. The molecule has 0 atom stereocenters. The van der Waals surface area contributed by atoms with E-state index < -0.39 is 5.97 Å². The quantitative estimate of drug-likeness (QED) is 0.830. The molecule has 0 aliphatic heterocycles. The average molecular weight is 324 g/mol. The molecule has 100 valence electrons. The maximum atomic E-state index is 10.4. The Bertz CT molecular complexity index is 569. The summed E-state index contributed by atoms with van der Waals surface area (Å²) in [7, 11) is 0. The Hall–Kier alpha value is -1.69. The monoisotopic (exact) mass is 323 g/mol. The normalized spacial score (nSPS) is 10.6. The molecule has 0 bridgehead atoms. The van der Waals surface area contributed by atoms with Crippen molar-refractivity contribution in [1.82, 2.24) is 15.0 Å². The molecule has 0 fully saturated rings. The number of aryl methyl sites for hydroxylation is 1. The molecule has 0 unspecified atom stereocenters. The molecule has 5 nitrogen and oxygen atoms in total. The first-order chi connectivity index (χ1) is 9.16. The highest BCUT2D eigenvalue weighted by Crippen LogP contribution is 2.19. The van der Waals surface area contributed by atoms with Gasteiger partial charge in [0.1, 0.15) is 0 Å². The summed E-state index contributed by atoms with van der Waals surface area (Å²) >= 11 is 3.47. The number of carbonyl (C=O) groups is 1. The number of carboxylic acids is 1. The highest BCUT2D eigenvalue weighted by molar-refractivity contribution is 9.10. The lowest BCUT2D eigenvalue weighted by Crippen LogP contribution is -1.95. The van der Waals surface area contributed by atoms with E-state index in [-0.39, 0.29) is 6.42 Å². The maximum Gasteiger partial charge on any atom is 0.303 e. The van der Waals surface area contributed by atoms with Crippen LogP contribution in [0.4, 0.5) is 0 Å². The summed E-state index contributed by atoms with van der Waals surface area (Å²) in [6.07, 6.45) is 4.30. The van der Waals surface area contributed by atoms with E-state index in [1.165, 1.54) is 0 Å². The molecule has 1 N–H and O–H groups in total. The lowest BCUT2D eigenvalue weighted by atomic mass is 10.1. The largest absolute Gasteiger partial charge is 0.481 e. The summed E-state index contributed by atoms with van der Waals surface area (Å²) in [6, 6.07) is 7.78. The predicted octanol–water partition coefficient (Wildman–Crippen LogP) is 2.83. The van der Waals surface area contributed by atoms with E-state index in [2.05, 4.69) is 26.2 Å². The van der Waals surface area contributed by atoms with Crippen LogP contribution in [0.3, 0.4) is 0 Å². The van der Waals surface area contributed by atoms with Gasteiger partial charge in [-0.2, -0.15) is 0 Å². The molecular weight excluding hydrogens is 310 g/mol. The number of para-hydroxylation sites is 1. The van der Waals surface area contributed by atoms with Gasteiger partial charge in [-0.3, -0.25) is 4.79 Å². The van der Waals surface area contributed by atoms with Crippen molar-refractivity contribution < 1.29 is 9.90 Å². The van der Waals surface area contributed by atoms with Crippen molar-refractivity contribution in [2.75, 3.05) is 0 Å². The number of carboxylic acid groups (broad SMARTS) is 1. The van der Waals surface area contributed by atoms with Gasteiger partial charge in [0, 0.05) is 10.9 Å². The van der Waals surface area contributed by atoms with E-state index in [0.717, 1.165) is 28.7 Å². The topological polar surface area (TPSA) is 68.0 Å². The van der Waals surface area contributed by atoms with Gasteiger partial charge in [-0.25, -0.2) is 4.68 Å². The fraction of sp³-hybridized carbons (Fsp3) is 0.308. The second-order valence-electron chi connectivity index (χ2n) is 4.21. The smallest absolute Gasteiger partial charge is 0.303 e. The van der Waals surface area contributed by atoms with E-state index in [1.807, 2.05) is 30.5 Å². The predicted molar refractivity (Wildman–Crippen MR) is 74.2 cm³/mol. The molecule has 1 aromatic heterocycles. The fourth-order valence-corrected chi connectivity index (χ4v) is 2.22. The van der Waals surface area contributed by atoms with Gasteiger partial charge >= 0.3 is 5.97 Å². The first kappa shape index (κ1) is 13.7. The molecule has 2 rings (SSSR count). The number of hydrogen-bond acceptors (Lipinski definition) is 3. The van der Waals surface area contributed by atoms with Gasteiger partial charge in [0.15, 0.2) is 0 Å². The molecule has 2 aromatic rings. The first-order valence-corrected chi connectivity index (χ1v) is 6.84. The summed E-state index contributed by atoms with van der Waals surface area (Å²) in [4.78, 5) is 10.4. The lowest BCUT2D eigenvalue weighted by Gasteiger charge is -2.01. The van der Waals surface area contributed by atoms with Gasteiger partial charge < -0.3 is 5.11 Å². The second-order valence-corrected chi connectivity index (χ2v) is 5.06. The summed E-state index contributed by atoms with van der Waals surface area (Å²) in [5.41, 5.74) is 1.81. The third-order valence-corrected chi connectivity index (χ3v) is 3.38. The SMILES string of the molecule is O=C(O)CCCCc1cn(-c2ccccc2Br)nn1. The zero-order chi connectivity index (χ0) is 13.7. The van der Waals surface area contributed by atoms with Crippen LogP contribution in [0.1, 0.15) is 25.0 Å².